The van der Waals surface area contributed by atoms with Crippen molar-refractivity contribution in [2.75, 3.05) is 7.11 Å². The summed E-state index contributed by atoms with van der Waals surface area (Å²) in [4.78, 5) is 11.9. The van der Waals surface area contributed by atoms with Crippen LogP contribution in [-0.2, 0) is 4.79 Å². The molecule has 0 N–H and O–H groups in total. The number of benzene rings is 2. The van der Waals surface area contributed by atoms with E-state index in [9.17, 15) is 4.79 Å². The second-order valence-electron chi connectivity index (χ2n) is 4.99. The molecule has 2 nitrogen and oxygen atoms in total. The minimum atomic E-state index is -0.255. The van der Waals surface area contributed by atoms with Gasteiger partial charge in [-0.3, -0.25) is 4.79 Å². The predicted octanol–water partition coefficient (Wildman–Crippen LogP) is 5.70. The maximum Gasteiger partial charge on any atom is 0.150 e. The highest BCUT2D eigenvalue weighted by atomic mass is 79.9. The summed E-state index contributed by atoms with van der Waals surface area (Å²) in [5.41, 5.74) is 0.963. The van der Waals surface area contributed by atoms with E-state index in [0.717, 1.165) is 29.2 Å². The van der Waals surface area contributed by atoms with Crippen LogP contribution in [-0.4, -0.2) is 12.9 Å². The number of unbranched alkanes of at least 4 members (excludes halogenated alkanes) is 1. The third kappa shape index (κ3) is 3.58. The standard InChI is InChI=1S/C17H18BrClO2/c1-3-4-5-14(20)16(18)12-6-8-13-11(10-12)7-9-15(21-2)17(13)19/h6-10,16H,3-5H2,1-2H3. The third-order valence-corrected chi connectivity index (χ3v) is 4.94. The quantitative estimate of drug-likeness (QED) is 0.611. The van der Waals surface area contributed by atoms with Crippen LogP contribution in [0.2, 0.25) is 5.02 Å². The molecule has 2 rings (SSSR count). The number of Topliss-reactive ketones (excluding diaryl/α,β-unsaturated/α-hetero) is 1. The van der Waals surface area contributed by atoms with Gasteiger partial charge in [-0.15, -0.1) is 0 Å². The predicted molar refractivity (Wildman–Crippen MR) is 91.7 cm³/mol. The molecule has 112 valence electrons. The largest absolute Gasteiger partial charge is 0.495 e. The summed E-state index contributed by atoms with van der Waals surface area (Å²) in [6.07, 6.45) is 2.56. The Morgan fingerprint density at radius 3 is 2.76 bits per heavy atom. The molecular formula is C17H18BrClO2. The molecule has 0 radical (unpaired) electrons. The van der Waals surface area contributed by atoms with Gasteiger partial charge in [-0.1, -0.05) is 59.1 Å². The number of hydrogen-bond acceptors (Lipinski definition) is 2. The average molecular weight is 370 g/mol. The Labute approximate surface area is 138 Å². The molecule has 21 heavy (non-hydrogen) atoms. The summed E-state index contributed by atoms with van der Waals surface area (Å²) in [6, 6.07) is 9.69. The van der Waals surface area contributed by atoms with Gasteiger partial charge in [-0.05, 0) is 29.5 Å². The first kappa shape index (κ1) is 16.3. The Morgan fingerprint density at radius 2 is 2.10 bits per heavy atom. The van der Waals surface area contributed by atoms with Gasteiger partial charge in [0.2, 0.25) is 0 Å². The minimum absolute atomic E-state index is 0.218. The van der Waals surface area contributed by atoms with E-state index in [4.69, 9.17) is 16.3 Å². The average Bonchev–Trinajstić information content (AvgIpc) is 2.51. The second kappa shape index (κ2) is 7.28. The van der Waals surface area contributed by atoms with Gasteiger partial charge in [0, 0.05) is 11.8 Å². The van der Waals surface area contributed by atoms with E-state index in [2.05, 4.69) is 22.9 Å². The molecule has 0 amide bonds. The van der Waals surface area contributed by atoms with Crippen LogP contribution < -0.4 is 4.74 Å². The highest BCUT2D eigenvalue weighted by Gasteiger charge is 2.17. The van der Waals surface area contributed by atoms with E-state index in [0.29, 0.717) is 17.2 Å². The molecule has 0 aliphatic heterocycles. The SMILES string of the molecule is CCCCC(=O)C(Br)c1ccc2c(Cl)c(OC)ccc2c1. The van der Waals surface area contributed by atoms with Crippen molar-refractivity contribution >= 4 is 44.1 Å². The van der Waals surface area contributed by atoms with Crippen LogP contribution in [0, 0.1) is 0 Å². The lowest BCUT2D eigenvalue weighted by Crippen LogP contribution is -2.06. The van der Waals surface area contributed by atoms with Crippen LogP contribution in [0.1, 0.15) is 36.6 Å². The van der Waals surface area contributed by atoms with Gasteiger partial charge in [-0.25, -0.2) is 0 Å². The first-order chi connectivity index (χ1) is 10.1. The lowest BCUT2D eigenvalue weighted by atomic mass is 10.0. The Bertz CT molecular complexity index is 655. The first-order valence-corrected chi connectivity index (χ1v) is 8.30. The second-order valence-corrected chi connectivity index (χ2v) is 6.29. The number of ether oxygens (including phenoxy) is 1. The number of ketones is 1. The third-order valence-electron chi connectivity index (χ3n) is 3.51. The van der Waals surface area contributed by atoms with Crippen LogP contribution in [0.5, 0.6) is 5.75 Å². The maximum absolute atomic E-state index is 12.1. The lowest BCUT2D eigenvalue weighted by Gasteiger charge is -2.12. The molecule has 2 aromatic carbocycles. The van der Waals surface area contributed by atoms with E-state index >= 15 is 0 Å². The number of carbonyl (C=O) groups is 1. The fraction of sp³-hybridized carbons (Fsp3) is 0.353. The van der Waals surface area contributed by atoms with Crippen LogP contribution in [0.4, 0.5) is 0 Å². The maximum atomic E-state index is 12.1. The molecule has 0 fully saturated rings. The van der Waals surface area contributed by atoms with E-state index < -0.39 is 0 Å². The number of fused-ring (bicyclic) bond motifs is 1. The minimum Gasteiger partial charge on any atom is -0.495 e. The number of carbonyl (C=O) groups excluding carboxylic acids is 1. The van der Waals surface area contributed by atoms with Gasteiger partial charge in [0.1, 0.15) is 5.75 Å². The molecule has 0 bridgehead atoms. The smallest absolute Gasteiger partial charge is 0.150 e. The van der Waals surface area contributed by atoms with Crippen molar-refractivity contribution in [3.05, 3.63) is 40.9 Å². The summed E-state index contributed by atoms with van der Waals surface area (Å²) >= 11 is 9.81. The molecule has 0 heterocycles. The Morgan fingerprint density at radius 1 is 1.33 bits per heavy atom. The summed E-state index contributed by atoms with van der Waals surface area (Å²) < 4.78 is 5.22. The van der Waals surface area contributed by atoms with E-state index in [1.54, 1.807) is 7.11 Å². The van der Waals surface area contributed by atoms with Crippen LogP contribution in [0.3, 0.4) is 0 Å². The zero-order valence-electron chi connectivity index (χ0n) is 12.2. The van der Waals surface area contributed by atoms with Crippen molar-refractivity contribution in [1.29, 1.82) is 0 Å². The highest BCUT2D eigenvalue weighted by Crippen LogP contribution is 2.35. The Balaban J connectivity index is 2.33. The van der Waals surface area contributed by atoms with Crippen LogP contribution >= 0.6 is 27.5 Å². The van der Waals surface area contributed by atoms with E-state index in [1.165, 1.54) is 0 Å². The van der Waals surface area contributed by atoms with Gasteiger partial charge in [-0.2, -0.15) is 0 Å². The lowest BCUT2D eigenvalue weighted by molar-refractivity contribution is -0.118. The van der Waals surface area contributed by atoms with Crippen molar-refractivity contribution in [2.24, 2.45) is 0 Å². The van der Waals surface area contributed by atoms with Crippen molar-refractivity contribution in [1.82, 2.24) is 0 Å². The topological polar surface area (TPSA) is 26.3 Å². The normalized spacial score (nSPS) is 12.4. The highest BCUT2D eigenvalue weighted by molar-refractivity contribution is 9.09. The zero-order chi connectivity index (χ0) is 15.4. The zero-order valence-corrected chi connectivity index (χ0v) is 14.5. The van der Waals surface area contributed by atoms with Gasteiger partial charge in [0.25, 0.3) is 0 Å². The van der Waals surface area contributed by atoms with Crippen molar-refractivity contribution in [2.45, 2.75) is 31.0 Å². The van der Waals surface area contributed by atoms with Gasteiger partial charge < -0.3 is 4.74 Å². The fourth-order valence-corrected chi connectivity index (χ4v) is 3.10. The summed E-state index contributed by atoms with van der Waals surface area (Å²) in [7, 11) is 1.60. The van der Waals surface area contributed by atoms with Gasteiger partial charge >= 0.3 is 0 Å². The molecular weight excluding hydrogens is 352 g/mol. The monoisotopic (exact) mass is 368 g/mol. The van der Waals surface area contributed by atoms with Gasteiger partial charge in [0.15, 0.2) is 5.78 Å². The van der Waals surface area contributed by atoms with Crippen molar-refractivity contribution in [3.8, 4) is 5.75 Å². The molecule has 1 unspecified atom stereocenters. The van der Waals surface area contributed by atoms with Crippen molar-refractivity contribution in [3.63, 3.8) is 0 Å². The molecule has 0 aliphatic carbocycles. The summed E-state index contributed by atoms with van der Waals surface area (Å²) in [6.45, 7) is 2.09. The fourth-order valence-electron chi connectivity index (χ4n) is 2.27. The molecule has 0 aromatic heterocycles. The molecule has 0 spiro atoms. The van der Waals surface area contributed by atoms with E-state index in [-0.39, 0.29) is 10.6 Å². The number of rotatable bonds is 6. The summed E-state index contributed by atoms with van der Waals surface area (Å²) in [5, 5.41) is 2.54. The molecule has 1 atom stereocenters. The first-order valence-electron chi connectivity index (χ1n) is 7.01. The Kier molecular flexibility index (Phi) is 5.65. The molecule has 0 aliphatic rings. The molecule has 0 saturated heterocycles. The number of hydrogen-bond donors (Lipinski definition) is 0. The number of methoxy groups -OCH3 is 1. The Hall–Kier alpha value is -1.06. The molecule has 0 saturated carbocycles. The molecule has 2 aromatic rings. The van der Waals surface area contributed by atoms with Crippen LogP contribution in [0.25, 0.3) is 10.8 Å². The molecule has 4 heteroatoms. The van der Waals surface area contributed by atoms with Gasteiger partial charge in [0.05, 0.1) is 17.0 Å². The van der Waals surface area contributed by atoms with Crippen LogP contribution in [0.15, 0.2) is 30.3 Å². The summed E-state index contributed by atoms with van der Waals surface area (Å²) in [5.74, 6) is 0.877. The number of alkyl halides is 1. The van der Waals surface area contributed by atoms with Crippen molar-refractivity contribution < 1.29 is 9.53 Å². The van der Waals surface area contributed by atoms with E-state index in [1.807, 2.05) is 30.3 Å². The number of halogens is 2.